The molecule has 0 saturated heterocycles. The van der Waals surface area contributed by atoms with Crippen molar-refractivity contribution < 1.29 is 19.1 Å². The van der Waals surface area contributed by atoms with Crippen molar-refractivity contribution in [1.82, 2.24) is 4.98 Å². The van der Waals surface area contributed by atoms with Crippen molar-refractivity contribution in [1.29, 1.82) is 0 Å². The molecule has 1 aromatic heterocycles. The van der Waals surface area contributed by atoms with Gasteiger partial charge >= 0.3 is 5.97 Å². The highest BCUT2D eigenvalue weighted by molar-refractivity contribution is 5.94. The van der Waals surface area contributed by atoms with Crippen LogP contribution in [0.1, 0.15) is 33.2 Å². The van der Waals surface area contributed by atoms with E-state index in [4.69, 9.17) is 9.47 Å². The van der Waals surface area contributed by atoms with Gasteiger partial charge in [0.05, 0.1) is 12.7 Å². The predicted octanol–water partition coefficient (Wildman–Crippen LogP) is 2.65. The van der Waals surface area contributed by atoms with Crippen molar-refractivity contribution in [2.75, 3.05) is 7.11 Å². The fourth-order valence-corrected chi connectivity index (χ4v) is 1.83. The summed E-state index contributed by atoms with van der Waals surface area (Å²) in [6.45, 7) is 1.51. The van der Waals surface area contributed by atoms with E-state index in [1.54, 1.807) is 30.3 Å². The van der Waals surface area contributed by atoms with Crippen LogP contribution in [-0.2, 0) is 11.3 Å². The maximum atomic E-state index is 11.9. The van der Waals surface area contributed by atoms with Crippen LogP contribution < -0.4 is 4.74 Å². The van der Waals surface area contributed by atoms with Crippen molar-refractivity contribution in [2.45, 2.75) is 13.5 Å². The Balaban J connectivity index is 2.13. The molecule has 0 bridgehead atoms. The number of carbonyl (C=O) groups excluding carboxylic acids is 2. The Kier molecular flexibility index (Phi) is 4.66. The molecule has 0 aliphatic carbocycles. The molecule has 0 radical (unpaired) electrons. The number of rotatable bonds is 5. The molecule has 0 spiro atoms. The van der Waals surface area contributed by atoms with Crippen molar-refractivity contribution in [3.05, 3.63) is 59.4 Å². The van der Waals surface area contributed by atoms with E-state index in [9.17, 15) is 9.59 Å². The van der Waals surface area contributed by atoms with E-state index in [1.165, 1.54) is 26.4 Å². The first-order valence-electron chi connectivity index (χ1n) is 6.37. The Hall–Kier alpha value is -2.69. The van der Waals surface area contributed by atoms with Gasteiger partial charge in [-0.3, -0.25) is 9.78 Å². The topological polar surface area (TPSA) is 65.5 Å². The van der Waals surface area contributed by atoms with E-state index in [2.05, 4.69) is 4.98 Å². The Morgan fingerprint density at radius 1 is 1.10 bits per heavy atom. The number of carbonyl (C=O) groups is 2. The van der Waals surface area contributed by atoms with Gasteiger partial charge in [0, 0.05) is 23.5 Å². The summed E-state index contributed by atoms with van der Waals surface area (Å²) in [5, 5.41) is 0. The lowest BCUT2D eigenvalue weighted by Crippen LogP contribution is -2.07. The van der Waals surface area contributed by atoms with E-state index >= 15 is 0 Å². The molecular weight excluding hydrogens is 270 g/mol. The largest absolute Gasteiger partial charge is 0.496 e. The number of benzene rings is 1. The van der Waals surface area contributed by atoms with E-state index < -0.39 is 5.97 Å². The highest BCUT2D eigenvalue weighted by Crippen LogP contribution is 2.21. The van der Waals surface area contributed by atoms with Crippen LogP contribution in [0.25, 0.3) is 0 Å². The molecule has 2 rings (SSSR count). The van der Waals surface area contributed by atoms with Crippen LogP contribution in [0, 0.1) is 0 Å². The molecule has 108 valence electrons. The van der Waals surface area contributed by atoms with Crippen LogP contribution >= 0.6 is 0 Å². The number of Topliss-reactive ketones (excluding diaryl/α,β-unsaturated/α-hetero) is 1. The van der Waals surface area contributed by atoms with Crippen molar-refractivity contribution in [3.8, 4) is 5.75 Å². The first-order valence-corrected chi connectivity index (χ1v) is 6.37. The minimum absolute atomic E-state index is 0.0332. The molecule has 5 nitrogen and oxygen atoms in total. The highest BCUT2D eigenvalue weighted by Gasteiger charge is 2.11. The minimum Gasteiger partial charge on any atom is -0.496 e. The normalized spacial score (nSPS) is 10.0. The van der Waals surface area contributed by atoms with Crippen LogP contribution in [-0.4, -0.2) is 23.8 Å². The van der Waals surface area contributed by atoms with E-state index in [0.29, 0.717) is 22.4 Å². The van der Waals surface area contributed by atoms with Gasteiger partial charge in [-0.05, 0) is 37.3 Å². The molecule has 5 heteroatoms. The lowest BCUT2D eigenvalue weighted by atomic mass is 10.1. The number of pyridine rings is 1. The summed E-state index contributed by atoms with van der Waals surface area (Å²) in [6, 6.07) is 8.18. The Bertz CT molecular complexity index is 653. The second-order valence-corrected chi connectivity index (χ2v) is 4.39. The van der Waals surface area contributed by atoms with Gasteiger partial charge in [-0.2, -0.15) is 0 Å². The van der Waals surface area contributed by atoms with Crippen molar-refractivity contribution in [2.24, 2.45) is 0 Å². The van der Waals surface area contributed by atoms with E-state index in [1.807, 2.05) is 0 Å². The second-order valence-electron chi connectivity index (χ2n) is 4.39. The lowest BCUT2D eigenvalue weighted by Gasteiger charge is -2.10. The van der Waals surface area contributed by atoms with Crippen LogP contribution in [0.3, 0.4) is 0 Å². The maximum Gasteiger partial charge on any atom is 0.338 e. The zero-order chi connectivity index (χ0) is 15.2. The molecule has 0 unspecified atom stereocenters. The summed E-state index contributed by atoms with van der Waals surface area (Å²) < 4.78 is 10.4. The molecule has 1 aromatic carbocycles. The van der Waals surface area contributed by atoms with Gasteiger partial charge in [0.15, 0.2) is 5.78 Å². The maximum absolute atomic E-state index is 11.9. The average molecular weight is 285 g/mol. The molecule has 0 aliphatic heterocycles. The summed E-state index contributed by atoms with van der Waals surface area (Å²) in [5.74, 6) is 0.0644. The Labute approximate surface area is 122 Å². The molecule has 0 atom stereocenters. The smallest absolute Gasteiger partial charge is 0.338 e. The van der Waals surface area contributed by atoms with Crippen LogP contribution in [0.2, 0.25) is 0 Å². The summed E-state index contributed by atoms with van der Waals surface area (Å²) in [4.78, 5) is 27.1. The Morgan fingerprint density at radius 3 is 2.43 bits per heavy atom. The number of hydrogen-bond donors (Lipinski definition) is 0. The van der Waals surface area contributed by atoms with Gasteiger partial charge < -0.3 is 9.47 Å². The van der Waals surface area contributed by atoms with Crippen LogP contribution in [0.5, 0.6) is 5.75 Å². The van der Waals surface area contributed by atoms with Gasteiger partial charge in [0.25, 0.3) is 0 Å². The second kappa shape index (κ2) is 6.65. The third-order valence-electron chi connectivity index (χ3n) is 2.96. The molecule has 2 aromatic rings. The number of ketones is 1. The highest BCUT2D eigenvalue weighted by atomic mass is 16.5. The first-order chi connectivity index (χ1) is 10.1. The number of esters is 1. The monoisotopic (exact) mass is 285 g/mol. The molecule has 21 heavy (non-hydrogen) atoms. The molecule has 0 saturated carbocycles. The van der Waals surface area contributed by atoms with E-state index in [-0.39, 0.29) is 12.4 Å². The van der Waals surface area contributed by atoms with Crippen LogP contribution in [0.15, 0.2) is 42.7 Å². The lowest BCUT2D eigenvalue weighted by molar-refractivity contribution is 0.0470. The number of nitrogens with zero attached hydrogens (tertiary/aromatic N) is 1. The number of aromatic nitrogens is 1. The first kappa shape index (κ1) is 14.7. The molecule has 0 amide bonds. The van der Waals surface area contributed by atoms with Gasteiger partial charge in [-0.15, -0.1) is 0 Å². The van der Waals surface area contributed by atoms with Gasteiger partial charge in [0.1, 0.15) is 12.4 Å². The van der Waals surface area contributed by atoms with E-state index in [0.717, 1.165) is 0 Å². The minimum atomic E-state index is -0.451. The van der Waals surface area contributed by atoms with Gasteiger partial charge in [-0.25, -0.2) is 4.79 Å². The predicted molar refractivity (Wildman–Crippen MR) is 76.4 cm³/mol. The van der Waals surface area contributed by atoms with Crippen molar-refractivity contribution in [3.63, 3.8) is 0 Å². The van der Waals surface area contributed by atoms with Crippen molar-refractivity contribution >= 4 is 11.8 Å². The zero-order valence-corrected chi connectivity index (χ0v) is 11.8. The van der Waals surface area contributed by atoms with Gasteiger partial charge in [-0.1, -0.05) is 0 Å². The summed E-state index contributed by atoms with van der Waals surface area (Å²) >= 11 is 0. The fourth-order valence-electron chi connectivity index (χ4n) is 1.83. The third kappa shape index (κ3) is 3.66. The summed E-state index contributed by atoms with van der Waals surface area (Å²) in [7, 11) is 1.52. The molecular formula is C16H15NO4. The zero-order valence-electron chi connectivity index (χ0n) is 11.8. The molecule has 0 aliphatic rings. The fraction of sp³-hybridized carbons (Fsp3) is 0.188. The molecule has 0 fully saturated rings. The molecule has 1 heterocycles. The summed E-state index contributed by atoms with van der Waals surface area (Å²) in [6.07, 6.45) is 3.04. The average Bonchev–Trinajstić information content (AvgIpc) is 2.53. The van der Waals surface area contributed by atoms with Gasteiger partial charge in [0.2, 0.25) is 0 Å². The summed E-state index contributed by atoms with van der Waals surface area (Å²) in [5.41, 5.74) is 1.62. The number of ether oxygens (including phenoxy) is 2. The number of methoxy groups -OCH3 is 1. The van der Waals surface area contributed by atoms with Crippen LogP contribution in [0.4, 0.5) is 0 Å². The number of hydrogen-bond acceptors (Lipinski definition) is 5. The third-order valence-corrected chi connectivity index (χ3v) is 2.96. The quantitative estimate of drug-likeness (QED) is 0.624. The standard InChI is InChI=1S/C16H15NO4/c1-11(18)13-3-4-15(20-2)14(9-13)10-21-16(19)12-5-7-17-8-6-12/h3-9H,10H2,1-2H3. The Morgan fingerprint density at radius 2 is 1.81 bits per heavy atom. The molecule has 0 N–H and O–H groups in total. The SMILES string of the molecule is COc1ccc(C(C)=O)cc1COC(=O)c1ccncc1.